The molecule has 0 bridgehead atoms. The van der Waals surface area contributed by atoms with Gasteiger partial charge in [0.15, 0.2) is 15.4 Å². The Morgan fingerprint density at radius 2 is 1.76 bits per heavy atom. The minimum atomic E-state index is -3.88. The SMILES string of the molecule is O=C(CCS(=O)(=O)c1cccc2nonc12)Nc1c(F)cccc1F. The van der Waals surface area contributed by atoms with E-state index < -0.39 is 45.2 Å². The average Bonchev–Trinajstić information content (AvgIpc) is 3.05. The van der Waals surface area contributed by atoms with Crippen molar-refractivity contribution >= 4 is 32.5 Å². The van der Waals surface area contributed by atoms with E-state index in [-0.39, 0.29) is 15.9 Å². The van der Waals surface area contributed by atoms with E-state index in [2.05, 4.69) is 14.9 Å². The Morgan fingerprint density at radius 3 is 2.48 bits per heavy atom. The van der Waals surface area contributed by atoms with Crippen LogP contribution in [0.5, 0.6) is 0 Å². The minimum absolute atomic E-state index is 0.0584. The molecule has 0 fully saturated rings. The van der Waals surface area contributed by atoms with Crippen LogP contribution in [0.4, 0.5) is 14.5 Å². The molecule has 0 spiro atoms. The Bertz CT molecular complexity index is 1030. The molecular weight excluding hydrogens is 356 g/mol. The first kappa shape index (κ1) is 17.0. The summed E-state index contributed by atoms with van der Waals surface area (Å²) in [6, 6.07) is 7.42. The van der Waals surface area contributed by atoms with Crippen molar-refractivity contribution in [2.45, 2.75) is 11.3 Å². The Labute approximate surface area is 140 Å². The molecule has 0 aliphatic rings. The molecular formula is C15H11F2N3O4S. The van der Waals surface area contributed by atoms with Crippen molar-refractivity contribution in [2.24, 2.45) is 0 Å². The number of anilines is 1. The molecule has 130 valence electrons. The van der Waals surface area contributed by atoms with Gasteiger partial charge in [-0.2, -0.15) is 0 Å². The lowest BCUT2D eigenvalue weighted by molar-refractivity contribution is -0.115. The molecule has 2 aromatic carbocycles. The van der Waals surface area contributed by atoms with Gasteiger partial charge in [-0.3, -0.25) is 4.79 Å². The molecule has 0 atom stereocenters. The maximum absolute atomic E-state index is 13.5. The molecule has 0 unspecified atom stereocenters. The fourth-order valence-corrected chi connectivity index (χ4v) is 3.58. The summed E-state index contributed by atoms with van der Waals surface area (Å²) in [7, 11) is -3.88. The smallest absolute Gasteiger partial charge is 0.225 e. The van der Waals surface area contributed by atoms with Crippen molar-refractivity contribution in [1.29, 1.82) is 0 Å². The summed E-state index contributed by atoms with van der Waals surface area (Å²) in [5.41, 5.74) is -0.297. The quantitative estimate of drug-likeness (QED) is 0.742. The van der Waals surface area contributed by atoms with Crippen LogP contribution in [0.15, 0.2) is 45.9 Å². The summed E-state index contributed by atoms with van der Waals surface area (Å²) in [5.74, 6) is -3.30. The van der Waals surface area contributed by atoms with E-state index in [1.807, 2.05) is 5.32 Å². The highest BCUT2D eigenvalue weighted by atomic mass is 32.2. The van der Waals surface area contributed by atoms with Gasteiger partial charge in [0.05, 0.1) is 10.6 Å². The minimum Gasteiger partial charge on any atom is -0.321 e. The van der Waals surface area contributed by atoms with Gasteiger partial charge in [0.2, 0.25) is 5.91 Å². The molecule has 1 amide bonds. The average molecular weight is 367 g/mol. The third kappa shape index (κ3) is 3.48. The number of nitrogens with zero attached hydrogens (tertiary/aromatic N) is 2. The summed E-state index contributed by atoms with van der Waals surface area (Å²) in [6.45, 7) is 0. The van der Waals surface area contributed by atoms with E-state index in [0.29, 0.717) is 0 Å². The zero-order valence-corrected chi connectivity index (χ0v) is 13.4. The molecule has 3 rings (SSSR count). The molecule has 1 aromatic heterocycles. The van der Waals surface area contributed by atoms with Crippen molar-refractivity contribution < 1.29 is 26.6 Å². The molecule has 0 aliphatic heterocycles. The number of benzene rings is 2. The highest BCUT2D eigenvalue weighted by Gasteiger charge is 2.22. The number of sulfone groups is 1. The van der Waals surface area contributed by atoms with Gasteiger partial charge >= 0.3 is 0 Å². The van der Waals surface area contributed by atoms with Crippen molar-refractivity contribution in [1.82, 2.24) is 10.3 Å². The molecule has 10 heteroatoms. The highest BCUT2D eigenvalue weighted by molar-refractivity contribution is 7.91. The number of amides is 1. The van der Waals surface area contributed by atoms with Crippen LogP contribution in [0.2, 0.25) is 0 Å². The molecule has 1 N–H and O–H groups in total. The first-order valence-corrected chi connectivity index (χ1v) is 8.71. The van der Waals surface area contributed by atoms with Crippen LogP contribution in [0.1, 0.15) is 6.42 Å². The van der Waals surface area contributed by atoms with Gasteiger partial charge in [0.25, 0.3) is 0 Å². The number of fused-ring (bicyclic) bond motifs is 1. The third-order valence-corrected chi connectivity index (χ3v) is 5.15. The van der Waals surface area contributed by atoms with Crippen LogP contribution in [0.25, 0.3) is 11.0 Å². The van der Waals surface area contributed by atoms with Crippen molar-refractivity contribution in [3.63, 3.8) is 0 Å². The topological polar surface area (TPSA) is 102 Å². The zero-order chi connectivity index (χ0) is 18.0. The van der Waals surface area contributed by atoms with E-state index in [4.69, 9.17) is 0 Å². The number of rotatable bonds is 5. The van der Waals surface area contributed by atoms with Crippen LogP contribution in [0.3, 0.4) is 0 Å². The monoisotopic (exact) mass is 367 g/mol. The van der Waals surface area contributed by atoms with Gasteiger partial charge in [0.1, 0.15) is 22.8 Å². The van der Waals surface area contributed by atoms with E-state index >= 15 is 0 Å². The van der Waals surface area contributed by atoms with Crippen LogP contribution in [-0.2, 0) is 14.6 Å². The van der Waals surface area contributed by atoms with Crippen LogP contribution < -0.4 is 5.32 Å². The van der Waals surface area contributed by atoms with Crippen LogP contribution in [-0.4, -0.2) is 30.4 Å². The zero-order valence-electron chi connectivity index (χ0n) is 12.6. The molecule has 3 aromatic rings. The van der Waals surface area contributed by atoms with Crippen molar-refractivity contribution in [2.75, 3.05) is 11.1 Å². The fraction of sp³-hybridized carbons (Fsp3) is 0.133. The molecule has 0 saturated heterocycles. The summed E-state index contributed by atoms with van der Waals surface area (Å²) >= 11 is 0. The summed E-state index contributed by atoms with van der Waals surface area (Å²) in [4.78, 5) is 11.7. The van der Waals surface area contributed by atoms with Crippen LogP contribution >= 0.6 is 0 Å². The van der Waals surface area contributed by atoms with Crippen LogP contribution in [0, 0.1) is 11.6 Å². The predicted molar refractivity (Wildman–Crippen MR) is 83.5 cm³/mol. The second kappa shape index (κ2) is 6.55. The lowest BCUT2D eigenvalue weighted by Gasteiger charge is -2.08. The van der Waals surface area contributed by atoms with Gasteiger partial charge in [-0.1, -0.05) is 12.1 Å². The van der Waals surface area contributed by atoms with E-state index in [1.165, 1.54) is 18.2 Å². The summed E-state index contributed by atoms with van der Waals surface area (Å²) < 4.78 is 56.3. The lowest BCUT2D eigenvalue weighted by Crippen LogP contribution is -2.19. The molecule has 7 nitrogen and oxygen atoms in total. The first-order valence-electron chi connectivity index (χ1n) is 7.06. The number of carbonyl (C=O) groups excluding carboxylic acids is 1. The number of aromatic nitrogens is 2. The lowest BCUT2D eigenvalue weighted by atomic mass is 10.3. The number of carbonyl (C=O) groups is 1. The first-order chi connectivity index (χ1) is 11.9. The standard InChI is InChI=1S/C15H11F2N3O4S/c16-9-3-1-4-10(17)14(9)18-13(21)7-8-25(22,23)12-6-2-5-11-15(12)20-24-19-11/h1-6H,7-8H2,(H,18,21). The van der Waals surface area contributed by atoms with E-state index in [1.54, 1.807) is 0 Å². The van der Waals surface area contributed by atoms with Gasteiger partial charge in [0, 0.05) is 6.42 Å². The van der Waals surface area contributed by atoms with Crippen molar-refractivity contribution in [3.8, 4) is 0 Å². The second-order valence-electron chi connectivity index (χ2n) is 5.10. The van der Waals surface area contributed by atoms with Gasteiger partial charge in [-0.05, 0) is 34.6 Å². The van der Waals surface area contributed by atoms with E-state index in [0.717, 1.165) is 18.2 Å². The fourth-order valence-electron chi connectivity index (χ4n) is 2.19. The Balaban J connectivity index is 1.74. The Morgan fingerprint density at radius 1 is 1.08 bits per heavy atom. The summed E-state index contributed by atoms with van der Waals surface area (Å²) in [5, 5.41) is 9.12. The molecule has 0 radical (unpaired) electrons. The highest BCUT2D eigenvalue weighted by Crippen LogP contribution is 2.22. The van der Waals surface area contributed by atoms with Crippen molar-refractivity contribution in [3.05, 3.63) is 48.0 Å². The maximum atomic E-state index is 13.5. The number of para-hydroxylation sites is 1. The molecule has 0 saturated carbocycles. The predicted octanol–water partition coefficient (Wildman–Crippen LogP) is 2.30. The van der Waals surface area contributed by atoms with Gasteiger partial charge in [-0.15, -0.1) is 0 Å². The number of halogens is 2. The van der Waals surface area contributed by atoms with Gasteiger partial charge < -0.3 is 5.32 Å². The second-order valence-corrected chi connectivity index (χ2v) is 7.18. The van der Waals surface area contributed by atoms with Gasteiger partial charge in [-0.25, -0.2) is 21.8 Å². The largest absolute Gasteiger partial charge is 0.321 e. The number of hydrogen-bond donors (Lipinski definition) is 1. The normalized spacial score (nSPS) is 11.6. The molecule has 1 heterocycles. The molecule has 0 aliphatic carbocycles. The Kier molecular flexibility index (Phi) is 4.45. The van der Waals surface area contributed by atoms with E-state index in [9.17, 15) is 22.0 Å². The number of nitrogens with one attached hydrogen (secondary N) is 1. The summed E-state index contributed by atoms with van der Waals surface area (Å²) in [6.07, 6.45) is -0.488. The Hall–Kier alpha value is -2.88. The number of hydrogen-bond acceptors (Lipinski definition) is 6. The molecule has 25 heavy (non-hydrogen) atoms. The maximum Gasteiger partial charge on any atom is 0.225 e. The third-order valence-electron chi connectivity index (χ3n) is 3.41.